The van der Waals surface area contributed by atoms with Gasteiger partial charge in [-0.1, -0.05) is 29.3 Å². The zero-order valence-electron chi connectivity index (χ0n) is 10.9. The van der Waals surface area contributed by atoms with Crippen LogP contribution in [0.25, 0.3) is 15.9 Å². The van der Waals surface area contributed by atoms with Crippen LogP contribution >= 0.6 is 34.5 Å². The molecule has 22 heavy (non-hydrogen) atoms. The molecule has 0 saturated heterocycles. The standard InChI is InChI=1S/C13H7Cl2N5OS/c14-8-2-1-7(9(15)5-8)6-21-13-16-10-3-4-22-11(10)12-17-18-19-20(12)13/h1-5H,6H2. The molecule has 0 unspecified atom stereocenters. The lowest BCUT2D eigenvalue weighted by Crippen LogP contribution is -2.04. The molecule has 1 aromatic carbocycles. The average Bonchev–Trinajstić information content (AvgIpc) is 3.14. The van der Waals surface area contributed by atoms with E-state index in [-0.39, 0.29) is 6.61 Å². The van der Waals surface area contributed by atoms with Gasteiger partial charge in [0.15, 0.2) is 0 Å². The number of hydrogen-bond donors (Lipinski definition) is 0. The van der Waals surface area contributed by atoms with E-state index in [1.54, 1.807) is 12.1 Å². The molecule has 0 bridgehead atoms. The summed E-state index contributed by atoms with van der Waals surface area (Å²) in [7, 11) is 0. The number of thiophene rings is 1. The molecule has 0 atom stereocenters. The lowest BCUT2D eigenvalue weighted by atomic mass is 10.2. The van der Waals surface area contributed by atoms with Crippen molar-refractivity contribution in [1.29, 1.82) is 0 Å². The van der Waals surface area contributed by atoms with Crippen molar-refractivity contribution in [3.63, 3.8) is 0 Å². The van der Waals surface area contributed by atoms with Gasteiger partial charge in [-0.15, -0.1) is 21.0 Å². The monoisotopic (exact) mass is 351 g/mol. The van der Waals surface area contributed by atoms with Gasteiger partial charge in [-0.2, -0.15) is 4.98 Å². The van der Waals surface area contributed by atoms with Crippen molar-refractivity contribution in [3.05, 3.63) is 45.3 Å². The van der Waals surface area contributed by atoms with E-state index in [4.69, 9.17) is 27.9 Å². The Kier molecular flexibility index (Phi) is 3.33. The van der Waals surface area contributed by atoms with E-state index in [1.807, 2.05) is 17.5 Å². The summed E-state index contributed by atoms with van der Waals surface area (Å²) in [6, 6.07) is 7.46. The van der Waals surface area contributed by atoms with Crippen LogP contribution in [0.5, 0.6) is 6.01 Å². The van der Waals surface area contributed by atoms with E-state index < -0.39 is 0 Å². The van der Waals surface area contributed by atoms with Crippen molar-refractivity contribution in [2.24, 2.45) is 0 Å². The second-order valence-corrected chi connectivity index (χ2v) is 6.23. The van der Waals surface area contributed by atoms with Crippen molar-refractivity contribution in [2.75, 3.05) is 0 Å². The van der Waals surface area contributed by atoms with Crippen LogP contribution in [0.15, 0.2) is 29.6 Å². The summed E-state index contributed by atoms with van der Waals surface area (Å²) in [6.07, 6.45) is 0. The first-order chi connectivity index (χ1) is 10.7. The number of rotatable bonds is 3. The van der Waals surface area contributed by atoms with Crippen LogP contribution in [0, 0.1) is 0 Å². The van der Waals surface area contributed by atoms with Crippen molar-refractivity contribution in [3.8, 4) is 6.01 Å². The highest BCUT2D eigenvalue weighted by Crippen LogP contribution is 2.27. The van der Waals surface area contributed by atoms with Crippen LogP contribution in [0.2, 0.25) is 10.0 Å². The fourth-order valence-electron chi connectivity index (χ4n) is 2.04. The molecule has 0 amide bonds. The number of benzene rings is 1. The van der Waals surface area contributed by atoms with Gasteiger partial charge in [-0.05, 0) is 34.0 Å². The van der Waals surface area contributed by atoms with E-state index in [2.05, 4.69) is 20.5 Å². The highest BCUT2D eigenvalue weighted by atomic mass is 35.5. The predicted molar refractivity (Wildman–Crippen MR) is 84.8 cm³/mol. The Balaban J connectivity index is 1.72. The maximum atomic E-state index is 6.14. The highest BCUT2D eigenvalue weighted by molar-refractivity contribution is 7.17. The van der Waals surface area contributed by atoms with Crippen LogP contribution in [0.1, 0.15) is 5.56 Å². The third kappa shape index (κ3) is 2.27. The minimum Gasteiger partial charge on any atom is -0.458 e. The van der Waals surface area contributed by atoms with Gasteiger partial charge in [0.2, 0.25) is 5.65 Å². The smallest absolute Gasteiger partial charge is 0.322 e. The maximum Gasteiger partial charge on any atom is 0.322 e. The summed E-state index contributed by atoms with van der Waals surface area (Å²) in [5.74, 6) is 0. The molecule has 110 valence electrons. The van der Waals surface area contributed by atoms with Gasteiger partial charge in [0.1, 0.15) is 6.61 Å². The molecule has 0 fully saturated rings. The molecule has 4 rings (SSSR count). The number of halogens is 2. The summed E-state index contributed by atoms with van der Waals surface area (Å²) in [5.41, 5.74) is 2.22. The van der Waals surface area contributed by atoms with Gasteiger partial charge in [0.25, 0.3) is 0 Å². The van der Waals surface area contributed by atoms with Gasteiger partial charge in [-0.25, -0.2) is 0 Å². The molecule has 0 aliphatic heterocycles. The molecule has 9 heteroatoms. The van der Waals surface area contributed by atoms with Crippen LogP contribution in [-0.4, -0.2) is 25.0 Å². The Bertz CT molecular complexity index is 983. The minimum absolute atomic E-state index is 0.244. The molecular weight excluding hydrogens is 345 g/mol. The van der Waals surface area contributed by atoms with Gasteiger partial charge < -0.3 is 4.74 Å². The zero-order chi connectivity index (χ0) is 15.1. The molecule has 3 heterocycles. The Morgan fingerprint density at radius 1 is 1.23 bits per heavy atom. The molecule has 0 saturated carbocycles. The van der Waals surface area contributed by atoms with E-state index in [1.165, 1.54) is 15.9 Å². The van der Waals surface area contributed by atoms with Crippen LogP contribution in [0.4, 0.5) is 0 Å². The fourth-order valence-corrected chi connectivity index (χ4v) is 3.30. The van der Waals surface area contributed by atoms with Crippen LogP contribution < -0.4 is 4.74 Å². The Morgan fingerprint density at radius 2 is 2.14 bits per heavy atom. The third-order valence-electron chi connectivity index (χ3n) is 3.09. The largest absolute Gasteiger partial charge is 0.458 e. The summed E-state index contributed by atoms with van der Waals surface area (Å²) >= 11 is 13.6. The van der Waals surface area contributed by atoms with Gasteiger partial charge in [0, 0.05) is 15.6 Å². The molecule has 6 nitrogen and oxygen atoms in total. The number of tetrazole rings is 1. The van der Waals surface area contributed by atoms with Gasteiger partial charge in [-0.3, -0.25) is 0 Å². The second-order valence-electron chi connectivity index (χ2n) is 4.47. The van der Waals surface area contributed by atoms with Crippen molar-refractivity contribution in [2.45, 2.75) is 6.61 Å². The molecule has 0 spiro atoms. The highest BCUT2D eigenvalue weighted by Gasteiger charge is 2.14. The molecule has 3 aromatic heterocycles. The summed E-state index contributed by atoms with van der Waals surface area (Å²) in [5, 5.41) is 14.7. The first kappa shape index (κ1) is 13.7. The normalized spacial score (nSPS) is 11.4. The van der Waals surface area contributed by atoms with Gasteiger partial charge >= 0.3 is 6.01 Å². The lowest BCUT2D eigenvalue weighted by molar-refractivity contribution is 0.273. The predicted octanol–water partition coefficient (Wildman–Crippen LogP) is 3.62. The average molecular weight is 352 g/mol. The lowest BCUT2D eigenvalue weighted by Gasteiger charge is -2.08. The molecule has 0 radical (unpaired) electrons. The summed E-state index contributed by atoms with van der Waals surface area (Å²) in [6.45, 7) is 0.244. The zero-order valence-corrected chi connectivity index (χ0v) is 13.2. The third-order valence-corrected chi connectivity index (χ3v) is 4.57. The maximum absolute atomic E-state index is 6.14. The number of nitrogens with zero attached hydrogens (tertiary/aromatic N) is 5. The van der Waals surface area contributed by atoms with Crippen molar-refractivity contribution >= 4 is 50.4 Å². The van der Waals surface area contributed by atoms with Crippen LogP contribution in [0.3, 0.4) is 0 Å². The van der Waals surface area contributed by atoms with E-state index in [9.17, 15) is 0 Å². The minimum atomic E-state index is 0.244. The number of hydrogen-bond acceptors (Lipinski definition) is 6. The van der Waals surface area contributed by atoms with Gasteiger partial charge in [0.05, 0.1) is 10.2 Å². The number of ether oxygens (including phenoxy) is 1. The molecule has 0 aliphatic rings. The second kappa shape index (κ2) is 5.35. The SMILES string of the molecule is Clc1ccc(COc2nc3ccsc3c3nnnn23)c(Cl)c1. The number of fused-ring (bicyclic) bond motifs is 3. The topological polar surface area (TPSA) is 65.2 Å². The van der Waals surface area contributed by atoms with Crippen LogP contribution in [-0.2, 0) is 6.61 Å². The molecular formula is C13H7Cl2N5OS. The quantitative estimate of drug-likeness (QED) is 0.563. The fraction of sp³-hybridized carbons (Fsp3) is 0.0769. The molecule has 0 N–H and O–H groups in total. The molecule has 4 aromatic rings. The van der Waals surface area contributed by atoms with E-state index >= 15 is 0 Å². The Hall–Kier alpha value is -1.96. The number of aromatic nitrogens is 5. The first-order valence-corrected chi connectivity index (χ1v) is 7.88. The Labute approximate surface area is 138 Å². The Morgan fingerprint density at radius 3 is 3.00 bits per heavy atom. The van der Waals surface area contributed by atoms with E-state index in [0.29, 0.717) is 21.7 Å². The van der Waals surface area contributed by atoms with Crippen molar-refractivity contribution < 1.29 is 4.74 Å². The summed E-state index contributed by atoms with van der Waals surface area (Å²) in [4.78, 5) is 4.44. The first-order valence-electron chi connectivity index (χ1n) is 6.24. The van der Waals surface area contributed by atoms with E-state index in [0.717, 1.165) is 15.8 Å². The summed E-state index contributed by atoms with van der Waals surface area (Å²) < 4.78 is 8.14. The molecule has 0 aliphatic carbocycles. The van der Waals surface area contributed by atoms with Crippen molar-refractivity contribution in [1.82, 2.24) is 25.0 Å².